The van der Waals surface area contributed by atoms with Crippen LogP contribution in [0.1, 0.15) is 17.5 Å². The van der Waals surface area contributed by atoms with Crippen molar-refractivity contribution in [3.05, 3.63) is 35.1 Å². The van der Waals surface area contributed by atoms with Gasteiger partial charge in [-0.15, -0.1) is 12.4 Å². The van der Waals surface area contributed by atoms with E-state index >= 15 is 0 Å². The van der Waals surface area contributed by atoms with Crippen LogP contribution in [0.25, 0.3) is 0 Å². The lowest BCUT2D eigenvalue weighted by molar-refractivity contribution is -0.133. The zero-order valence-corrected chi connectivity index (χ0v) is 13.1. The van der Waals surface area contributed by atoms with E-state index in [4.69, 9.17) is 5.73 Å². The van der Waals surface area contributed by atoms with Crippen LogP contribution in [0.5, 0.6) is 0 Å². The van der Waals surface area contributed by atoms with Crippen molar-refractivity contribution in [1.82, 2.24) is 4.90 Å². The summed E-state index contributed by atoms with van der Waals surface area (Å²) in [6, 6.07) is 4.35. The fourth-order valence-corrected chi connectivity index (χ4v) is 2.81. The largest absolute Gasteiger partial charge is 0.337 e. The number of halogens is 2. The highest BCUT2D eigenvalue weighted by Crippen LogP contribution is 2.20. The molecule has 1 heterocycles. The Labute approximate surface area is 129 Å². The summed E-state index contributed by atoms with van der Waals surface area (Å²) in [5.41, 5.74) is 7.93. The van der Waals surface area contributed by atoms with E-state index in [1.807, 2.05) is 6.26 Å². The number of fused-ring (bicyclic) bond motifs is 1. The van der Waals surface area contributed by atoms with Gasteiger partial charge in [-0.2, -0.15) is 11.8 Å². The number of rotatable bonds is 4. The first kappa shape index (κ1) is 17.3. The molecule has 0 bridgehead atoms. The van der Waals surface area contributed by atoms with E-state index < -0.39 is 6.04 Å². The maximum absolute atomic E-state index is 13.2. The number of nitrogens with zero attached hydrogens (tertiary/aromatic N) is 1. The molecule has 1 aromatic carbocycles. The molecule has 0 aliphatic carbocycles. The lowest BCUT2D eigenvalue weighted by Gasteiger charge is -2.30. The van der Waals surface area contributed by atoms with E-state index in [2.05, 4.69) is 0 Å². The van der Waals surface area contributed by atoms with Crippen molar-refractivity contribution >= 4 is 30.1 Å². The van der Waals surface area contributed by atoms with Gasteiger partial charge in [-0.3, -0.25) is 4.79 Å². The predicted molar refractivity (Wildman–Crippen MR) is 83.7 cm³/mol. The van der Waals surface area contributed by atoms with Gasteiger partial charge in [-0.25, -0.2) is 4.39 Å². The SMILES string of the molecule is CSCC[C@H](N)C(=O)N1CCc2ccc(F)cc2C1.Cl. The Morgan fingerprint density at radius 3 is 2.95 bits per heavy atom. The van der Waals surface area contributed by atoms with Gasteiger partial charge < -0.3 is 10.6 Å². The molecule has 0 fully saturated rings. The van der Waals surface area contributed by atoms with Crippen LogP contribution in [-0.4, -0.2) is 35.4 Å². The maximum Gasteiger partial charge on any atom is 0.239 e. The topological polar surface area (TPSA) is 46.3 Å². The lowest BCUT2D eigenvalue weighted by atomic mass is 9.99. The first-order valence-electron chi connectivity index (χ1n) is 6.42. The molecule has 3 nitrogen and oxygen atoms in total. The van der Waals surface area contributed by atoms with Gasteiger partial charge in [0.1, 0.15) is 5.82 Å². The van der Waals surface area contributed by atoms with E-state index in [-0.39, 0.29) is 24.1 Å². The summed E-state index contributed by atoms with van der Waals surface area (Å²) in [6.45, 7) is 1.14. The third-order valence-corrected chi connectivity index (χ3v) is 4.09. The number of thioether (sulfide) groups is 1. The molecule has 1 aliphatic rings. The third-order valence-electron chi connectivity index (χ3n) is 3.44. The summed E-state index contributed by atoms with van der Waals surface area (Å²) < 4.78 is 13.2. The molecule has 0 saturated heterocycles. The van der Waals surface area contributed by atoms with Crippen LogP contribution in [0.2, 0.25) is 0 Å². The Balaban J connectivity index is 0.00000200. The van der Waals surface area contributed by atoms with Crippen molar-refractivity contribution in [3.63, 3.8) is 0 Å². The van der Waals surface area contributed by atoms with Crippen molar-refractivity contribution in [2.24, 2.45) is 5.73 Å². The second kappa shape index (κ2) is 7.86. The molecule has 2 N–H and O–H groups in total. The van der Waals surface area contributed by atoms with Crippen molar-refractivity contribution in [1.29, 1.82) is 0 Å². The second-order valence-corrected chi connectivity index (χ2v) is 5.80. The molecule has 0 unspecified atom stereocenters. The van der Waals surface area contributed by atoms with Crippen molar-refractivity contribution < 1.29 is 9.18 Å². The van der Waals surface area contributed by atoms with E-state index in [0.29, 0.717) is 19.5 Å². The smallest absolute Gasteiger partial charge is 0.239 e. The van der Waals surface area contributed by atoms with Gasteiger partial charge in [0.2, 0.25) is 5.91 Å². The fourth-order valence-electron chi connectivity index (χ4n) is 2.32. The molecule has 0 spiro atoms. The summed E-state index contributed by atoms with van der Waals surface area (Å²) in [6.07, 6.45) is 3.46. The summed E-state index contributed by atoms with van der Waals surface area (Å²) in [5, 5.41) is 0. The molecule has 2 rings (SSSR count). The zero-order valence-electron chi connectivity index (χ0n) is 11.5. The number of carbonyl (C=O) groups is 1. The molecule has 0 aromatic heterocycles. The molecule has 1 aromatic rings. The van der Waals surface area contributed by atoms with Crippen LogP contribution in [0, 0.1) is 5.82 Å². The Hall–Kier alpha value is -0.780. The Kier molecular flexibility index (Phi) is 6.79. The molecular weight excluding hydrogens is 299 g/mol. The highest BCUT2D eigenvalue weighted by molar-refractivity contribution is 7.98. The van der Waals surface area contributed by atoms with Gasteiger partial charge in [0, 0.05) is 13.1 Å². The Bertz CT molecular complexity index is 472. The third kappa shape index (κ3) is 4.11. The van der Waals surface area contributed by atoms with Crippen LogP contribution in [0.3, 0.4) is 0 Å². The van der Waals surface area contributed by atoms with E-state index in [1.165, 1.54) is 12.1 Å². The standard InChI is InChI=1S/C14H19FN2OS.ClH/c1-19-7-5-13(16)14(18)17-6-4-10-2-3-12(15)8-11(10)9-17;/h2-3,8,13H,4-7,9,16H2,1H3;1H/t13-;/m0./s1. The number of hydrogen-bond acceptors (Lipinski definition) is 3. The minimum absolute atomic E-state index is 0. The van der Waals surface area contributed by atoms with Gasteiger partial charge in [-0.1, -0.05) is 6.07 Å². The highest BCUT2D eigenvalue weighted by atomic mass is 35.5. The summed E-state index contributed by atoms with van der Waals surface area (Å²) in [5.74, 6) is 0.607. The highest BCUT2D eigenvalue weighted by Gasteiger charge is 2.24. The molecule has 6 heteroatoms. The molecule has 20 heavy (non-hydrogen) atoms. The van der Waals surface area contributed by atoms with Crippen LogP contribution in [-0.2, 0) is 17.8 Å². The van der Waals surface area contributed by atoms with E-state index in [1.54, 1.807) is 22.7 Å². The van der Waals surface area contributed by atoms with Gasteiger partial charge in [-0.05, 0) is 48.1 Å². The second-order valence-electron chi connectivity index (χ2n) is 4.81. The molecular formula is C14H20ClFN2OS. The molecule has 1 amide bonds. The zero-order chi connectivity index (χ0) is 13.8. The number of amides is 1. The number of hydrogen-bond donors (Lipinski definition) is 1. The molecule has 112 valence electrons. The molecule has 1 aliphatic heterocycles. The van der Waals surface area contributed by atoms with E-state index in [0.717, 1.165) is 23.3 Å². The van der Waals surface area contributed by atoms with Crippen LogP contribution in [0.15, 0.2) is 18.2 Å². The van der Waals surface area contributed by atoms with Gasteiger partial charge in [0.15, 0.2) is 0 Å². The van der Waals surface area contributed by atoms with Crippen molar-refractivity contribution in [3.8, 4) is 0 Å². The van der Waals surface area contributed by atoms with Gasteiger partial charge in [0.05, 0.1) is 6.04 Å². The number of carbonyl (C=O) groups excluding carboxylic acids is 1. The Morgan fingerprint density at radius 1 is 1.50 bits per heavy atom. The fraction of sp³-hybridized carbons (Fsp3) is 0.500. The van der Waals surface area contributed by atoms with E-state index in [9.17, 15) is 9.18 Å². The van der Waals surface area contributed by atoms with Gasteiger partial charge >= 0.3 is 0 Å². The predicted octanol–water partition coefficient (Wildman–Crippen LogP) is 2.21. The minimum Gasteiger partial charge on any atom is -0.337 e. The van der Waals surface area contributed by atoms with Crippen LogP contribution >= 0.6 is 24.2 Å². The minimum atomic E-state index is -0.442. The Morgan fingerprint density at radius 2 is 2.25 bits per heavy atom. The van der Waals surface area contributed by atoms with Crippen LogP contribution in [0.4, 0.5) is 4.39 Å². The molecule has 0 saturated carbocycles. The average molecular weight is 319 g/mol. The molecule has 0 radical (unpaired) electrons. The lowest BCUT2D eigenvalue weighted by Crippen LogP contribution is -2.46. The summed E-state index contributed by atoms with van der Waals surface area (Å²) in [7, 11) is 0. The normalized spacial score (nSPS) is 15.2. The average Bonchev–Trinajstić information content (AvgIpc) is 2.43. The summed E-state index contributed by atoms with van der Waals surface area (Å²) in [4.78, 5) is 13.9. The first-order valence-corrected chi connectivity index (χ1v) is 7.82. The monoisotopic (exact) mass is 318 g/mol. The first-order chi connectivity index (χ1) is 9.11. The summed E-state index contributed by atoms with van der Waals surface area (Å²) >= 11 is 1.68. The van der Waals surface area contributed by atoms with Crippen LogP contribution < -0.4 is 5.73 Å². The number of benzene rings is 1. The van der Waals surface area contributed by atoms with Gasteiger partial charge in [0.25, 0.3) is 0 Å². The number of nitrogens with two attached hydrogens (primary N) is 1. The molecule has 1 atom stereocenters. The quantitative estimate of drug-likeness (QED) is 0.926. The van der Waals surface area contributed by atoms with Crippen molar-refractivity contribution in [2.75, 3.05) is 18.6 Å². The maximum atomic E-state index is 13.2. The van der Waals surface area contributed by atoms with Crippen molar-refractivity contribution in [2.45, 2.75) is 25.4 Å².